The molecule has 0 saturated carbocycles. The summed E-state index contributed by atoms with van der Waals surface area (Å²) in [6.45, 7) is 0.464. The molecule has 1 aromatic carbocycles. The Labute approximate surface area is 116 Å². The summed E-state index contributed by atoms with van der Waals surface area (Å²) in [6.07, 6.45) is 4.00. The first-order valence-corrected chi connectivity index (χ1v) is 6.54. The largest absolute Gasteiger partial charge is 0.361 e. The second-order valence-electron chi connectivity index (χ2n) is 4.67. The summed E-state index contributed by atoms with van der Waals surface area (Å²) in [5.41, 5.74) is 2.96. The van der Waals surface area contributed by atoms with Gasteiger partial charge in [-0.15, -0.1) is 0 Å². The van der Waals surface area contributed by atoms with Crippen molar-refractivity contribution in [2.24, 2.45) is 0 Å². The van der Waals surface area contributed by atoms with Crippen LogP contribution in [0.25, 0.3) is 10.9 Å². The van der Waals surface area contributed by atoms with Gasteiger partial charge in [-0.2, -0.15) is 0 Å². The number of nitrogens with zero attached hydrogens (tertiary/aromatic N) is 1. The molecule has 0 saturated heterocycles. The molecule has 3 aromatic rings. The van der Waals surface area contributed by atoms with Crippen molar-refractivity contribution < 1.29 is 4.79 Å². The molecule has 0 radical (unpaired) electrons. The van der Waals surface area contributed by atoms with Gasteiger partial charge in [-0.3, -0.25) is 9.78 Å². The van der Waals surface area contributed by atoms with E-state index in [1.165, 1.54) is 0 Å². The standard InChI is InChI=1S/C16H15N3O/c20-16(19-11-14-3-1-2-7-17-14)10-12-4-5-15-13(9-12)6-8-18-15/h1-9,18H,10-11H2,(H,19,20). The van der Waals surface area contributed by atoms with E-state index in [-0.39, 0.29) is 5.91 Å². The minimum absolute atomic E-state index is 0.00513. The molecule has 3 rings (SSSR count). The Bertz CT molecular complexity index is 719. The fraction of sp³-hybridized carbons (Fsp3) is 0.125. The number of rotatable bonds is 4. The van der Waals surface area contributed by atoms with Crippen molar-refractivity contribution in [1.29, 1.82) is 0 Å². The van der Waals surface area contributed by atoms with Gasteiger partial charge in [0, 0.05) is 17.9 Å². The number of hydrogen-bond donors (Lipinski definition) is 2. The first kappa shape index (κ1) is 12.4. The second-order valence-corrected chi connectivity index (χ2v) is 4.67. The van der Waals surface area contributed by atoms with Crippen LogP contribution in [0.2, 0.25) is 0 Å². The molecule has 0 bridgehead atoms. The predicted octanol–water partition coefficient (Wildman–Crippen LogP) is 2.42. The molecule has 100 valence electrons. The lowest BCUT2D eigenvalue weighted by atomic mass is 10.1. The highest BCUT2D eigenvalue weighted by Gasteiger charge is 2.05. The molecule has 2 aromatic heterocycles. The Morgan fingerprint density at radius 3 is 3.00 bits per heavy atom. The fourth-order valence-corrected chi connectivity index (χ4v) is 2.15. The fourth-order valence-electron chi connectivity index (χ4n) is 2.15. The van der Waals surface area contributed by atoms with E-state index in [1.807, 2.05) is 48.7 Å². The van der Waals surface area contributed by atoms with Crippen molar-refractivity contribution in [3.05, 3.63) is 66.1 Å². The van der Waals surface area contributed by atoms with Gasteiger partial charge in [0.1, 0.15) is 0 Å². The molecule has 0 aliphatic heterocycles. The predicted molar refractivity (Wildman–Crippen MR) is 78.1 cm³/mol. The van der Waals surface area contributed by atoms with Crippen LogP contribution < -0.4 is 5.32 Å². The lowest BCUT2D eigenvalue weighted by Crippen LogP contribution is -2.24. The average Bonchev–Trinajstić information content (AvgIpc) is 2.94. The highest BCUT2D eigenvalue weighted by Crippen LogP contribution is 2.14. The van der Waals surface area contributed by atoms with Crippen molar-refractivity contribution >= 4 is 16.8 Å². The average molecular weight is 265 g/mol. The van der Waals surface area contributed by atoms with E-state index in [0.717, 1.165) is 22.2 Å². The molecule has 0 aliphatic carbocycles. The Morgan fingerprint density at radius 2 is 2.15 bits per heavy atom. The van der Waals surface area contributed by atoms with Crippen LogP contribution in [0.5, 0.6) is 0 Å². The van der Waals surface area contributed by atoms with Gasteiger partial charge in [0.05, 0.1) is 18.7 Å². The van der Waals surface area contributed by atoms with Gasteiger partial charge in [0.15, 0.2) is 0 Å². The normalized spacial score (nSPS) is 10.6. The van der Waals surface area contributed by atoms with Gasteiger partial charge in [0.25, 0.3) is 0 Å². The number of carbonyl (C=O) groups excluding carboxylic acids is 1. The van der Waals surface area contributed by atoms with Crippen LogP contribution in [0.15, 0.2) is 54.9 Å². The van der Waals surface area contributed by atoms with Crippen LogP contribution in [0.4, 0.5) is 0 Å². The lowest BCUT2D eigenvalue weighted by molar-refractivity contribution is -0.120. The molecule has 1 amide bonds. The molecular formula is C16H15N3O. The summed E-state index contributed by atoms with van der Waals surface area (Å²) in [5.74, 6) is 0.00513. The van der Waals surface area contributed by atoms with Gasteiger partial charge in [-0.1, -0.05) is 12.1 Å². The third kappa shape index (κ3) is 2.85. The number of H-pyrrole nitrogens is 1. The molecule has 0 unspecified atom stereocenters. The first-order valence-electron chi connectivity index (χ1n) is 6.54. The summed E-state index contributed by atoms with van der Waals surface area (Å²) in [6, 6.07) is 13.7. The number of aromatic amines is 1. The molecule has 20 heavy (non-hydrogen) atoms. The first-order chi connectivity index (χ1) is 9.81. The molecular weight excluding hydrogens is 250 g/mol. The quantitative estimate of drug-likeness (QED) is 0.761. The molecule has 0 atom stereocenters. The number of aromatic nitrogens is 2. The van der Waals surface area contributed by atoms with Gasteiger partial charge < -0.3 is 10.3 Å². The molecule has 2 heterocycles. The molecule has 0 aliphatic rings. The van der Waals surface area contributed by atoms with E-state index in [9.17, 15) is 4.79 Å². The Hall–Kier alpha value is -2.62. The number of carbonyl (C=O) groups is 1. The summed E-state index contributed by atoms with van der Waals surface area (Å²) >= 11 is 0. The van der Waals surface area contributed by atoms with Crippen molar-refractivity contribution in [2.45, 2.75) is 13.0 Å². The topological polar surface area (TPSA) is 57.8 Å². The maximum atomic E-state index is 11.9. The number of fused-ring (bicyclic) bond motifs is 1. The second kappa shape index (κ2) is 5.57. The van der Waals surface area contributed by atoms with Crippen molar-refractivity contribution in [3.63, 3.8) is 0 Å². The van der Waals surface area contributed by atoms with E-state index < -0.39 is 0 Å². The number of benzene rings is 1. The number of nitrogens with one attached hydrogen (secondary N) is 2. The zero-order valence-corrected chi connectivity index (χ0v) is 11.0. The van der Waals surface area contributed by atoms with Crippen molar-refractivity contribution in [1.82, 2.24) is 15.3 Å². The highest BCUT2D eigenvalue weighted by molar-refractivity contribution is 5.83. The Morgan fingerprint density at radius 1 is 1.20 bits per heavy atom. The minimum atomic E-state index is 0.00513. The zero-order valence-electron chi connectivity index (χ0n) is 11.0. The number of amides is 1. The third-order valence-electron chi connectivity index (χ3n) is 3.18. The zero-order chi connectivity index (χ0) is 13.8. The van der Waals surface area contributed by atoms with Gasteiger partial charge in [0.2, 0.25) is 5.91 Å². The van der Waals surface area contributed by atoms with Crippen LogP contribution in [0.3, 0.4) is 0 Å². The van der Waals surface area contributed by atoms with E-state index in [0.29, 0.717) is 13.0 Å². The molecule has 0 spiro atoms. The van der Waals surface area contributed by atoms with Crippen LogP contribution >= 0.6 is 0 Å². The summed E-state index contributed by atoms with van der Waals surface area (Å²) in [7, 11) is 0. The Kier molecular flexibility index (Phi) is 3.46. The number of pyridine rings is 1. The van der Waals surface area contributed by atoms with Gasteiger partial charge in [-0.05, 0) is 41.3 Å². The third-order valence-corrected chi connectivity index (χ3v) is 3.18. The molecule has 4 nitrogen and oxygen atoms in total. The van der Waals surface area contributed by atoms with Gasteiger partial charge >= 0.3 is 0 Å². The van der Waals surface area contributed by atoms with Crippen LogP contribution in [-0.2, 0) is 17.8 Å². The van der Waals surface area contributed by atoms with E-state index >= 15 is 0 Å². The maximum Gasteiger partial charge on any atom is 0.224 e. The maximum absolute atomic E-state index is 11.9. The van der Waals surface area contributed by atoms with Gasteiger partial charge in [-0.25, -0.2) is 0 Å². The monoisotopic (exact) mass is 265 g/mol. The molecule has 0 fully saturated rings. The Balaban J connectivity index is 1.61. The van der Waals surface area contributed by atoms with Crippen LogP contribution in [0.1, 0.15) is 11.3 Å². The smallest absolute Gasteiger partial charge is 0.224 e. The van der Waals surface area contributed by atoms with E-state index in [4.69, 9.17) is 0 Å². The summed E-state index contributed by atoms with van der Waals surface area (Å²) < 4.78 is 0. The summed E-state index contributed by atoms with van der Waals surface area (Å²) in [5, 5.41) is 4.01. The highest BCUT2D eigenvalue weighted by atomic mass is 16.1. The molecule has 2 N–H and O–H groups in total. The lowest BCUT2D eigenvalue weighted by Gasteiger charge is -2.05. The SMILES string of the molecule is O=C(Cc1ccc2[nH]ccc2c1)NCc1ccccn1. The van der Waals surface area contributed by atoms with Crippen molar-refractivity contribution in [3.8, 4) is 0 Å². The minimum Gasteiger partial charge on any atom is -0.361 e. The van der Waals surface area contributed by atoms with Crippen LogP contribution in [-0.4, -0.2) is 15.9 Å². The number of hydrogen-bond acceptors (Lipinski definition) is 2. The van der Waals surface area contributed by atoms with Crippen molar-refractivity contribution in [2.75, 3.05) is 0 Å². The summed E-state index contributed by atoms with van der Waals surface area (Å²) in [4.78, 5) is 19.2. The van der Waals surface area contributed by atoms with Crippen LogP contribution in [0, 0.1) is 0 Å². The van der Waals surface area contributed by atoms with E-state index in [1.54, 1.807) is 6.20 Å². The van der Waals surface area contributed by atoms with E-state index in [2.05, 4.69) is 15.3 Å². The molecule has 4 heteroatoms.